The highest BCUT2D eigenvalue weighted by atomic mass is 36.0. The molecule has 0 aromatic rings. The summed E-state index contributed by atoms with van der Waals surface area (Å²) in [4.78, 5) is 71.2. The zero-order chi connectivity index (χ0) is 40.0. The first-order valence-corrected chi connectivity index (χ1v) is 20.5. The Morgan fingerprint density at radius 1 is 0.689 bits per heavy atom. The van der Waals surface area contributed by atoms with Crippen molar-refractivity contribution in [2.45, 2.75) is 132 Å². The van der Waals surface area contributed by atoms with E-state index in [9.17, 15) is 33.9 Å². The number of nitrogens with two attached hydrogens (primary N) is 2. The minimum Gasteiger partial charge on any atom is -1.00 e. The van der Waals surface area contributed by atoms with Crippen molar-refractivity contribution in [3.63, 3.8) is 0 Å². The number of likely N-dealkylation sites (tertiary alicyclic amines) is 2. The number of carbonyl (C=O) groups excluding carboxylic acids is 6. The van der Waals surface area contributed by atoms with E-state index >= 15 is 0 Å². The molecule has 0 bridgehead atoms. The Kier molecular flexibility index (Phi) is 57.2. The van der Waals surface area contributed by atoms with Gasteiger partial charge in [-0.3, -0.25) is 28.8 Å². The molecule has 61 heavy (non-hydrogen) atoms. The Morgan fingerprint density at radius 3 is 1.18 bits per heavy atom. The standard InChI is InChI=1S/C17H30ClN3O3.C16H29N3O4.8CH4.Cl2OS.2ClH/c1-6-11-8-21(4,5)9-13(11)14(12(7-2)16(19)23)17(24)20-10(3)15(18)22;1-5-10-7-19(3,4)8-12(10)14(11(6-2)15(17)22)16(23)18-13(21)9-20;;;;;;;;;1-4(2)3;;/h10-14H,6-9H2,1-5H3,(H2-,19,20,23,24);9-14,21H,5-8H2,1-4H3,(H2-,17,18,22,23);8*1H4;;2*1H. The van der Waals surface area contributed by atoms with Crippen molar-refractivity contribution in [3.05, 3.63) is 0 Å². The summed E-state index contributed by atoms with van der Waals surface area (Å²) in [6.07, 6.45) is 1.49. The Labute approximate surface area is 402 Å². The second-order valence-corrected chi connectivity index (χ2v) is 17.9. The maximum Gasteiger partial charge on any atom is 0.243 e. The quantitative estimate of drug-likeness (QED) is 0.0642. The summed E-state index contributed by atoms with van der Waals surface area (Å²) in [5.41, 5.74) is 11.1. The van der Waals surface area contributed by atoms with Gasteiger partial charge >= 0.3 is 0 Å². The summed E-state index contributed by atoms with van der Waals surface area (Å²) < 4.78 is 10.7. The number of primary amides is 2. The highest BCUT2D eigenvalue weighted by Gasteiger charge is 2.50. The number of quaternary nitrogens is 2. The molecule has 7 N–H and O–H groups in total. The van der Waals surface area contributed by atoms with Crippen LogP contribution in [-0.4, -0.2) is 120 Å². The number of amides is 4. The molecule has 2 rings (SSSR count). The van der Waals surface area contributed by atoms with Gasteiger partial charge in [-0.15, -0.1) is 0 Å². The first kappa shape index (κ1) is 86.7. The van der Waals surface area contributed by atoms with Gasteiger partial charge in [-0.1, -0.05) is 87.1 Å². The summed E-state index contributed by atoms with van der Waals surface area (Å²) in [5, 5.41) is 13.7. The van der Waals surface area contributed by atoms with E-state index in [1.807, 2.05) is 13.8 Å². The highest BCUT2D eigenvalue weighted by Crippen LogP contribution is 2.40. The van der Waals surface area contributed by atoms with Crippen molar-refractivity contribution in [1.29, 1.82) is 0 Å². The third-order valence-corrected chi connectivity index (χ3v) is 10.6. The second-order valence-electron chi connectivity index (χ2n) is 15.0. The van der Waals surface area contributed by atoms with Crippen molar-refractivity contribution < 1.29 is 71.9 Å². The van der Waals surface area contributed by atoms with E-state index in [-0.39, 0.29) is 108 Å². The summed E-state index contributed by atoms with van der Waals surface area (Å²) in [6.45, 7) is 12.9. The number of aliphatic hydroxyl groups is 1. The third kappa shape index (κ3) is 29.0. The lowest BCUT2D eigenvalue weighted by Gasteiger charge is -2.31. The number of hydrogen-bond acceptors (Lipinski definition) is 8. The van der Waals surface area contributed by atoms with Crippen molar-refractivity contribution in [1.82, 2.24) is 10.6 Å². The van der Waals surface area contributed by atoms with Crippen LogP contribution in [0.1, 0.15) is 120 Å². The van der Waals surface area contributed by atoms with E-state index in [0.29, 0.717) is 24.7 Å². The molecule has 2 saturated heterocycles. The number of hydrogen-bond donors (Lipinski definition) is 5. The molecule has 0 aliphatic carbocycles. The van der Waals surface area contributed by atoms with Crippen LogP contribution < -0.4 is 46.9 Å². The number of halogens is 5. The van der Waals surface area contributed by atoms with Gasteiger partial charge in [0.15, 0.2) is 12.5 Å². The molecule has 14 nitrogen and oxygen atoms in total. The fourth-order valence-electron chi connectivity index (χ4n) is 8.06. The molecule has 2 fully saturated rings. The molecule has 2 aliphatic heterocycles. The highest BCUT2D eigenvalue weighted by molar-refractivity contribution is 8.26. The zero-order valence-electron chi connectivity index (χ0n) is 32.2. The molecule has 2 aliphatic rings. The maximum atomic E-state index is 12.9. The largest absolute Gasteiger partial charge is 1.00 e. The average Bonchev–Trinajstić information content (AvgIpc) is 3.50. The molecule has 0 aromatic heterocycles. The molecule has 376 valence electrons. The molecule has 0 saturated carbocycles. The van der Waals surface area contributed by atoms with Crippen LogP contribution in [0.25, 0.3) is 0 Å². The Bertz CT molecular complexity index is 1240. The van der Waals surface area contributed by atoms with Crippen LogP contribution in [0.2, 0.25) is 0 Å². The molecule has 20 heteroatoms. The number of rotatable bonds is 16. The number of nitrogens with one attached hydrogen (secondary N) is 2. The van der Waals surface area contributed by atoms with Crippen molar-refractivity contribution in [3.8, 4) is 0 Å². The summed E-state index contributed by atoms with van der Waals surface area (Å²) in [7, 11) is 15.8. The van der Waals surface area contributed by atoms with E-state index in [1.54, 1.807) is 6.92 Å². The Hall–Kier alpha value is -1.30. The Morgan fingerprint density at radius 2 is 0.967 bits per heavy atom. The number of nitrogens with zero attached hydrogens (tertiary/aromatic N) is 2. The first-order chi connectivity index (χ1) is 23.4. The third-order valence-electron chi connectivity index (χ3n) is 10.3. The van der Waals surface area contributed by atoms with E-state index in [1.165, 1.54) is 0 Å². The molecular weight excluding hydrogens is 914 g/mol. The molecular formula is C41H93Cl5N6O8S. The molecule has 0 radical (unpaired) electrons. The van der Waals surface area contributed by atoms with Gasteiger partial charge in [0.2, 0.25) is 38.1 Å². The lowest BCUT2D eigenvalue weighted by Crippen LogP contribution is -3.00. The van der Waals surface area contributed by atoms with Crippen LogP contribution in [0.15, 0.2) is 0 Å². The van der Waals surface area contributed by atoms with Gasteiger partial charge in [-0.2, -0.15) is 0 Å². The van der Waals surface area contributed by atoms with Crippen molar-refractivity contribution >= 4 is 77.3 Å². The second kappa shape index (κ2) is 40.2. The van der Waals surface area contributed by atoms with Gasteiger partial charge in [0.05, 0.1) is 66.2 Å². The van der Waals surface area contributed by atoms with E-state index in [0.717, 1.165) is 48.0 Å². The maximum absolute atomic E-state index is 12.9. The molecule has 10 unspecified atom stereocenters. The lowest BCUT2D eigenvalue weighted by atomic mass is 9.73. The van der Waals surface area contributed by atoms with Crippen LogP contribution >= 0.6 is 33.0 Å². The van der Waals surface area contributed by atoms with Gasteiger partial charge < -0.3 is 61.0 Å². The minimum atomic E-state index is -1.67. The average molecular weight is 1010 g/mol. The van der Waals surface area contributed by atoms with E-state index < -0.39 is 68.1 Å². The molecule has 0 spiro atoms. The molecule has 0 aromatic carbocycles. The fourth-order valence-corrected chi connectivity index (χ4v) is 8.12. The van der Waals surface area contributed by atoms with Crippen molar-refractivity contribution in [2.24, 2.45) is 58.8 Å². The molecule has 4 amide bonds. The Balaban J connectivity index is -0.0000000726. The SMILES string of the molecule is C.C.C.C.C.C.C.C.CCC1C[N+](C)(C)CC1C(C(=O)NC(C)C(=O)Cl)C(CC)C(N)=O.CCC1C[N+](C)(C)CC1C(C(=O)NC(O)C=O)C(CC)C(N)=O.O=S(Cl)Cl.[Cl-].[Cl-]. The molecule has 10 atom stereocenters. The van der Waals surface area contributed by atoms with Crippen LogP contribution in [0.5, 0.6) is 0 Å². The van der Waals surface area contributed by atoms with Gasteiger partial charge in [0, 0.05) is 56.9 Å². The summed E-state index contributed by atoms with van der Waals surface area (Å²) in [6, 6.07) is -0.781. The van der Waals surface area contributed by atoms with Gasteiger partial charge in [-0.05, 0) is 44.2 Å². The molecule has 2 heterocycles. The van der Waals surface area contributed by atoms with Crippen LogP contribution in [0.3, 0.4) is 0 Å². The van der Waals surface area contributed by atoms with Crippen LogP contribution in [0, 0.1) is 47.3 Å². The fraction of sp³-hybridized carbons (Fsp3) is 0.854. The summed E-state index contributed by atoms with van der Waals surface area (Å²) >= 11 is 5.47. The number of aliphatic hydroxyl groups excluding tert-OH is 1. The van der Waals surface area contributed by atoms with E-state index in [2.05, 4.69) is 74.0 Å². The smallest absolute Gasteiger partial charge is 0.243 e. The predicted molar refractivity (Wildman–Crippen MR) is 254 cm³/mol. The monoisotopic (exact) mass is 1000 g/mol. The van der Waals surface area contributed by atoms with Gasteiger partial charge in [0.1, 0.15) is 6.04 Å². The number of aldehydes is 1. The van der Waals surface area contributed by atoms with Crippen LogP contribution in [0.4, 0.5) is 0 Å². The zero-order valence-corrected chi connectivity index (χ0v) is 36.8. The first-order valence-electron chi connectivity index (χ1n) is 17.3. The topological polar surface area (TPSA) is 216 Å². The number of carbonyl (C=O) groups is 6. The van der Waals surface area contributed by atoms with Gasteiger partial charge in [0.25, 0.3) is 0 Å². The van der Waals surface area contributed by atoms with Gasteiger partial charge in [-0.25, -0.2) is 4.21 Å². The minimum absolute atomic E-state index is 0. The normalized spacial score (nSPS) is 21.1. The lowest BCUT2D eigenvalue weighted by molar-refractivity contribution is -0.880. The van der Waals surface area contributed by atoms with Crippen molar-refractivity contribution in [2.75, 3.05) is 54.4 Å². The van der Waals surface area contributed by atoms with Crippen LogP contribution in [-0.2, 0) is 38.0 Å². The predicted octanol–water partition coefficient (Wildman–Crippen LogP) is 0.736. The summed E-state index contributed by atoms with van der Waals surface area (Å²) in [5.74, 6) is -3.37. The van der Waals surface area contributed by atoms with E-state index in [4.69, 9.17) is 27.3 Å².